The van der Waals surface area contributed by atoms with Gasteiger partial charge in [-0.15, -0.1) is 0 Å². The van der Waals surface area contributed by atoms with E-state index in [9.17, 15) is 4.79 Å². The summed E-state index contributed by atoms with van der Waals surface area (Å²) in [5, 5.41) is 4.44. The van der Waals surface area contributed by atoms with Crippen molar-refractivity contribution in [3.05, 3.63) is 53.9 Å². The van der Waals surface area contributed by atoms with Gasteiger partial charge in [0.05, 0.1) is 16.7 Å². The number of fused-ring (bicyclic) bond motifs is 2. The molecule has 33 heavy (non-hydrogen) atoms. The van der Waals surface area contributed by atoms with Gasteiger partial charge in [0.15, 0.2) is 0 Å². The average molecular weight is 458 g/mol. The maximum Gasteiger partial charge on any atom is 0.259 e. The number of amides is 1. The van der Waals surface area contributed by atoms with Crippen LogP contribution in [0.15, 0.2) is 56.8 Å². The molecule has 2 heterocycles. The lowest BCUT2D eigenvalue weighted by atomic mass is 9.49. The minimum Gasteiger partial charge on any atom is -0.338 e. The maximum atomic E-state index is 13.2. The summed E-state index contributed by atoms with van der Waals surface area (Å²) in [7, 11) is 0. The number of rotatable bonds is 3. The Labute approximate surface area is 197 Å². The van der Waals surface area contributed by atoms with Gasteiger partial charge in [0.1, 0.15) is 0 Å². The molecule has 0 radical (unpaired) electrons. The second kappa shape index (κ2) is 7.20. The Bertz CT molecular complexity index is 1230. The van der Waals surface area contributed by atoms with Gasteiger partial charge in [-0.2, -0.15) is 4.98 Å². The molecule has 4 fully saturated rings. The molecule has 4 aliphatic carbocycles. The number of hydrogen-bond acceptors (Lipinski definition) is 5. The lowest BCUT2D eigenvalue weighted by Crippen LogP contribution is -2.48. The zero-order valence-corrected chi connectivity index (χ0v) is 19.6. The van der Waals surface area contributed by atoms with Gasteiger partial charge >= 0.3 is 0 Å². The van der Waals surface area contributed by atoms with Gasteiger partial charge in [-0.25, -0.2) is 0 Å². The van der Waals surface area contributed by atoms with Crippen LogP contribution in [0.4, 0.5) is 5.69 Å². The summed E-state index contributed by atoms with van der Waals surface area (Å²) in [4.78, 5) is 22.0. The number of carbonyl (C=O) groups is 1. The summed E-state index contributed by atoms with van der Waals surface area (Å²) in [5.74, 6) is 4.09. The minimum absolute atomic E-state index is 0.0516. The predicted octanol–water partition coefficient (Wildman–Crippen LogP) is 6.34. The summed E-state index contributed by atoms with van der Waals surface area (Å²) in [6.45, 7) is 2.64. The molecule has 0 saturated heterocycles. The van der Waals surface area contributed by atoms with Crippen molar-refractivity contribution in [2.45, 2.75) is 60.7 Å². The molecule has 0 N–H and O–H groups in total. The topological polar surface area (TPSA) is 59.2 Å². The molecule has 3 aromatic rings. The molecule has 8 rings (SSSR count). The van der Waals surface area contributed by atoms with E-state index in [4.69, 9.17) is 9.51 Å². The van der Waals surface area contributed by atoms with Crippen molar-refractivity contribution in [2.24, 2.45) is 17.8 Å². The highest BCUT2D eigenvalue weighted by molar-refractivity contribution is 7.99. The third-order valence-electron chi connectivity index (χ3n) is 8.33. The number of hydrogen-bond donors (Lipinski definition) is 0. The third kappa shape index (κ3) is 3.03. The number of nitrogens with zero attached hydrogens (tertiary/aromatic N) is 3. The van der Waals surface area contributed by atoms with Crippen LogP contribution in [0.3, 0.4) is 0 Å². The SMILES string of the molecule is CCN1C(=O)c2ccccc2Sc2cc(-c3noc(C45CC6CC(CC(C6)C4)C5)n3)ccc21. The highest BCUT2D eigenvalue weighted by Gasteiger charge is 2.54. The Balaban J connectivity index is 1.26. The van der Waals surface area contributed by atoms with E-state index in [1.807, 2.05) is 48.2 Å². The van der Waals surface area contributed by atoms with E-state index in [1.165, 1.54) is 38.5 Å². The first-order valence-corrected chi connectivity index (χ1v) is 13.0. The van der Waals surface area contributed by atoms with Crippen molar-refractivity contribution in [1.29, 1.82) is 0 Å². The van der Waals surface area contributed by atoms with Crippen molar-refractivity contribution in [1.82, 2.24) is 10.1 Å². The van der Waals surface area contributed by atoms with Gasteiger partial charge in [-0.1, -0.05) is 29.1 Å². The first-order valence-electron chi connectivity index (χ1n) is 12.2. The van der Waals surface area contributed by atoms with Gasteiger partial charge in [0, 0.05) is 21.9 Å². The number of anilines is 1. The molecule has 6 heteroatoms. The summed E-state index contributed by atoms with van der Waals surface area (Å²) < 4.78 is 5.96. The van der Waals surface area contributed by atoms with Crippen LogP contribution >= 0.6 is 11.8 Å². The number of benzene rings is 2. The Morgan fingerprint density at radius 2 is 1.76 bits per heavy atom. The second-order valence-corrected chi connectivity index (χ2v) is 11.5. The summed E-state index contributed by atoms with van der Waals surface area (Å²) in [6, 6.07) is 14.0. The fraction of sp³-hybridized carbons (Fsp3) is 0.444. The molecule has 5 aliphatic rings. The van der Waals surface area contributed by atoms with E-state index < -0.39 is 0 Å². The van der Waals surface area contributed by atoms with Gasteiger partial charge in [0.2, 0.25) is 11.7 Å². The van der Waals surface area contributed by atoms with Gasteiger partial charge in [-0.05, 0) is 93.5 Å². The molecule has 1 amide bonds. The molecular weight excluding hydrogens is 430 g/mol. The maximum absolute atomic E-state index is 13.2. The molecular formula is C27H27N3O2S. The molecule has 0 atom stereocenters. The first-order chi connectivity index (χ1) is 16.1. The normalized spacial score (nSPS) is 29.7. The van der Waals surface area contributed by atoms with Crippen molar-refractivity contribution >= 4 is 23.4 Å². The Morgan fingerprint density at radius 1 is 1.03 bits per heavy atom. The Kier molecular flexibility index (Phi) is 4.33. The van der Waals surface area contributed by atoms with Gasteiger partial charge < -0.3 is 9.42 Å². The highest BCUT2D eigenvalue weighted by atomic mass is 32.2. The molecule has 2 aromatic carbocycles. The van der Waals surface area contributed by atoms with Crippen LogP contribution in [0, 0.1) is 17.8 Å². The Hall–Kier alpha value is -2.60. The molecule has 4 saturated carbocycles. The van der Waals surface area contributed by atoms with E-state index in [1.54, 1.807) is 11.8 Å². The van der Waals surface area contributed by atoms with Crippen LogP contribution in [0.25, 0.3) is 11.4 Å². The van der Waals surface area contributed by atoms with Crippen molar-refractivity contribution in [3.63, 3.8) is 0 Å². The Morgan fingerprint density at radius 3 is 2.48 bits per heavy atom. The largest absolute Gasteiger partial charge is 0.338 e. The van der Waals surface area contributed by atoms with Crippen molar-refractivity contribution in [2.75, 3.05) is 11.4 Å². The average Bonchev–Trinajstić information content (AvgIpc) is 3.27. The molecule has 1 aliphatic heterocycles. The predicted molar refractivity (Wildman–Crippen MR) is 127 cm³/mol. The van der Waals surface area contributed by atoms with Crippen LogP contribution < -0.4 is 4.90 Å². The van der Waals surface area contributed by atoms with Crippen molar-refractivity contribution in [3.8, 4) is 11.4 Å². The fourth-order valence-electron chi connectivity index (χ4n) is 7.31. The fourth-order valence-corrected chi connectivity index (χ4v) is 8.42. The van der Waals surface area contributed by atoms with Crippen molar-refractivity contribution < 1.29 is 9.32 Å². The third-order valence-corrected chi connectivity index (χ3v) is 9.45. The smallest absolute Gasteiger partial charge is 0.259 e. The van der Waals surface area contributed by atoms with E-state index in [0.717, 1.165) is 50.2 Å². The second-order valence-electron chi connectivity index (χ2n) is 10.5. The van der Waals surface area contributed by atoms with Crippen LogP contribution in [0.2, 0.25) is 0 Å². The monoisotopic (exact) mass is 457 g/mol. The van der Waals surface area contributed by atoms with E-state index in [0.29, 0.717) is 12.4 Å². The standard InChI is InChI=1S/C27H27N3O2S/c1-2-30-21-8-7-19(12-23(21)33-22-6-4-3-5-20(22)25(30)31)24-28-26(32-29-24)27-13-16-9-17(14-27)11-18(10-16)15-27/h3-8,12,16-18H,2,9-11,13-15H2,1H3. The van der Waals surface area contributed by atoms with Gasteiger partial charge in [0.25, 0.3) is 5.91 Å². The van der Waals surface area contributed by atoms with Crippen LogP contribution in [-0.2, 0) is 5.41 Å². The molecule has 4 bridgehead atoms. The first kappa shape index (κ1) is 19.8. The molecule has 0 spiro atoms. The van der Waals surface area contributed by atoms with E-state index in [-0.39, 0.29) is 11.3 Å². The molecule has 168 valence electrons. The molecule has 0 unspecified atom stereocenters. The molecule has 1 aromatic heterocycles. The minimum atomic E-state index is 0.0516. The van der Waals surface area contributed by atoms with Gasteiger partial charge in [-0.3, -0.25) is 4.79 Å². The zero-order valence-electron chi connectivity index (χ0n) is 18.8. The number of aromatic nitrogens is 2. The lowest BCUT2D eigenvalue weighted by Gasteiger charge is -2.55. The van der Waals surface area contributed by atoms with Crippen LogP contribution in [0.5, 0.6) is 0 Å². The van der Waals surface area contributed by atoms with E-state index >= 15 is 0 Å². The lowest BCUT2D eigenvalue weighted by molar-refractivity contribution is -0.0201. The van der Waals surface area contributed by atoms with Crippen LogP contribution in [-0.4, -0.2) is 22.6 Å². The van der Waals surface area contributed by atoms with E-state index in [2.05, 4.69) is 11.2 Å². The van der Waals surface area contributed by atoms with Crippen LogP contribution in [0.1, 0.15) is 61.7 Å². The molecule has 5 nitrogen and oxygen atoms in total. The summed E-state index contributed by atoms with van der Waals surface area (Å²) in [6.07, 6.45) is 7.84. The summed E-state index contributed by atoms with van der Waals surface area (Å²) in [5.41, 5.74) is 2.75. The number of carbonyl (C=O) groups excluding carboxylic acids is 1. The highest BCUT2D eigenvalue weighted by Crippen LogP contribution is 2.60. The quantitative estimate of drug-likeness (QED) is 0.460. The summed E-state index contributed by atoms with van der Waals surface area (Å²) >= 11 is 1.64. The zero-order chi connectivity index (χ0) is 22.2.